The second-order valence-electron chi connectivity index (χ2n) is 5.33. The van der Waals surface area contributed by atoms with Crippen LogP contribution in [0, 0.1) is 11.8 Å². The van der Waals surface area contributed by atoms with Crippen LogP contribution in [-0.2, 0) is 0 Å². The number of fused-ring (bicyclic) bond motifs is 2. The summed E-state index contributed by atoms with van der Waals surface area (Å²) in [7, 11) is 0. The Morgan fingerprint density at radius 2 is 1.94 bits per heavy atom. The van der Waals surface area contributed by atoms with Gasteiger partial charge in [0.15, 0.2) is 0 Å². The molecular weight excluding hydrogens is 194 g/mol. The van der Waals surface area contributed by atoms with Crippen LogP contribution >= 0.6 is 0 Å². The van der Waals surface area contributed by atoms with Crippen molar-refractivity contribution in [2.45, 2.75) is 32.1 Å². The molecule has 1 radical (unpaired) electrons. The van der Waals surface area contributed by atoms with Crippen LogP contribution in [0.2, 0.25) is 0 Å². The first-order chi connectivity index (χ1) is 7.93. The molecule has 0 saturated heterocycles. The van der Waals surface area contributed by atoms with Crippen molar-refractivity contribution in [3.05, 3.63) is 35.5 Å². The van der Waals surface area contributed by atoms with E-state index in [-0.39, 0.29) is 0 Å². The zero-order valence-electron chi connectivity index (χ0n) is 9.45. The van der Waals surface area contributed by atoms with E-state index in [1.807, 2.05) is 0 Å². The van der Waals surface area contributed by atoms with Gasteiger partial charge in [-0.1, -0.05) is 24.6 Å². The van der Waals surface area contributed by atoms with Gasteiger partial charge in [-0.15, -0.1) is 0 Å². The predicted molar refractivity (Wildman–Crippen MR) is 65.2 cm³/mol. The highest BCUT2D eigenvalue weighted by molar-refractivity contribution is 5.84. The van der Waals surface area contributed by atoms with Crippen molar-refractivity contribution >= 4 is 11.3 Å². The highest BCUT2D eigenvalue weighted by Gasteiger charge is 2.39. The number of benzene rings is 1. The summed E-state index contributed by atoms with van der Waals surface area (Å²) < 4.78 is 0. The summed E-state index contributed by atoms with van der Waals surface area (Å²) in [6.07, 6.45) is 6.91. The minimum absolute atomic E-state index is 0.830. The third-order valence-electron chi connectivity index (χ3n) is 4.54. The Bertz CT molecular complexity index is 468. The first-order valence-corrected chi connectivity index (χ1v) is 6.47. The SMILES string of the molecule is c1ccc2c(c1)[N]C1=C2C(C2CCC2)CC1. The third kappa shape index (κ3) is 1.06. The fraction of sp³-hybridized carbons (Fsp3) is 0.467. The Morgan fingerprint density at radius 3 is 2.75 bits per heavy atom. The lowest BCUT2D eigenvalue weighted by atomic mass is 9.72. The molecule has 81 valence electrons. The van der Waals surface area contributed by atoms with Crippen LogP contribution in [0.5, 0.6) is 0 Å². The van der Waals surface area contributed by atoms with E-state index in [0.29, 0.717) is 0 Å². The van der Waals surface area contributed by atoms with Crippen LogP contribution in [0.1, 0.15) is 37.7 Å². The first kappa shape index (κ1) is 8.86. The number of para-hydroxylation sites is 1. The second kappa shape index (κ2) is 3.13. The molecular formula is C15H16N. The molecule has 0 N–H and O–H groups in total. The van der Waals surface area contributed by atoms with E-state index in [1.165, 1.54) is 49.1 Å². The molecule has 0 amide bonds. The molecule has 1 saturated carbocycles. The lowest BCUT2D eigenvalue weighted by Gasteiger charge is -2.32. The predicted octanol–water partition coefficient (Wildman–Crippen LogP) is 3.86. The summed E-state index contributed by atoms with van der Waals surface area (Å²) in [6.45, 7) is 0. The minimum atomic E-state index is 0.830. The molecule has 1 fully saturated rings. The fourth-order valence-electron chi connectivity index (χ4n) is 3.51. The summed E-state index contributed by atoms with van der Waals surface area (Å²) in [6, 6.07) is 8.67. The van der Waals surface area contributed by atoms with Crippen LogP contribution in [-0.4, -0.2) is 0 Å². The van der Waals surface area contributed by atoms with E-state index in [0.717, 1.165) is 11.8 Å². The topological polar surface area (TPSA) is 14.1 Å². The average molecular weight is 210 g/mol. The molecule has 1 aliphatic heterocycles. The van der Waals surface area contributed by atoms with Crippen LogP contribution in [0.4, 0.5) is 5.69 Å². The van der Waals surface area contributed by atoms with E-state index in [2.05, 4.69) is 24.3 Å². The molecule has 1 atom stereocenters. The van der Waals surface area contributed by atoms with Gasteiger partial charge in [0.25, 0.3) is 0 Å². The van der Waals surface area contributed by atoms with E-state index < -0.39 is 0 Å². The highest BCUT2D eigenvalue weighted by atomic mass is 14.9. The number of nitrogens with zero attached hydrogens (tertiary/aromatic N) is 1. The van der Waals surface area contributed by atoms with Gasteiger partial charge < -0.3 is 0 Å². The molecule has 0 spiro atoms. The van der Waals surface area contributed by atoms with Crippen molar-refractivity contribution in [2.75, 3.05) is 0 Å². The molecule has 0 aromatic heterocycles. The Labute approximate surface area is 96.6 Å². The van der Waals surface area contributed by atoms with E-state index in [9.17, 15) is 0 Å². The van der Waals surface area contributed by atoms with Gasteiger partial charge >= 0.3 is 0 Å². The van der Waals surface area contributed by atoms with Crippen LogP contribution in [0.15, 0.2) is 30.0 Å². The van der Waals surface area contributed by atoms with Gasteiger partial charge in [-0.05, 0) is 49.2 Å². The minimum Gasteiger partial charge on any atom is -0.253 e. The lowest BCUT2D eigenvalue weighted by Crippen LogP contribution is -2.21. The number of hydrogen-bond donors (Lipinski definition) is 0. The monoisotopic (exact) mass is 210 g/mol. The highest BCUT2D eigenvalue weighted by Crippen LogP contribution is 2.53. The molecule has 1 heteroatoms. The van der Waals surface area contributed by atoms with Gasteiger partial charge in [-0.3, -0.25) is 5.32 Å². The lowest BCUT2D eigenvalue weighted by molar-refractivity contribution is 0.246. The van der Waals surface area contributed by atoms with Crippen LogP contribution < -0.4 is 5.32 Å². The van der Waals surface area contributed by atoms with Gasteiger partial charge in [0.2, 0.25) is 0 Å². The van der Waals surface area contributed by atoms with Gasteiger partial charge in [-0.25, -0.2) is 0 Å². The number of hydrogen-bond acceptors (Lipinski definition) is 0. The van der Waals surface area contributed by atoms with Gasteiger partial charge in [0.05, 0.1) is 5.69 Å². The Morgan fingerprint density at radius 1 is 1.06 bits per heavy atom. The van der Waals surface area contributed by atoms with Gasteiger partial charge in [0.1, 0.15) is 0 Å². The number of allylic oxidation sites excluding steroid dienone is 2. The van der Waals surface area contributed by atoms with Crippen molar-refractivity contribution in [3.8, 4) is 0 Å². The van der Waals surface area contributed by atoms with Crippen molar-refractivity contribution in [2.24, 2.45) is 11.8 Å². The van der Waals surface area contributed by atoms with E-state index in [1.54, 1.807) is 5.57 Å². The normalized spacial score (nSPS) is 27.4. The standard InChI is InChI=1S/C15H16N/c1-2-7-13-12(6-1)15-11(10-4-3-5-10)8-9-14(15)16-13/h1-2,6-7,10-11H,3-5,8-9H2. The van der Waals surface area contributed by atoms with Gasteiger partial charge in [0, 0.05) is 11.3 Å². The van der Waals surface area contributed by atoms with Gasteiger partial charge in [-0.2, -0.15) is 0 Å². The molecule has 16 heavy (non-hydrogen) atoms. The molecule has 1 aromatic rings. The molecule has 1 unspecified atom stereocenters. The third-order valence-corrected chi connectivity index (χ3v) is 4.54. The van der Waals surface area contributed by atoms with Crippen LogP contribution in [0.25, 0.3) is 5.57 Å². The van der Waals surface area contributed by atoms with Crippen molar-refractivity contribution in [1.29, 1.82) is 0 Å². The van der Waals surface area contributed by atoms with Crippen molar-refractivity contribution in [1.82, 2.24) is 5.32 Å². The maximum absolute atomic E-state index is 4.78. The Balaban J connectivity index is 1.76. The summed E-state index contributed by atoms with van der Waals surface area (Å²) >= 11 is 0. The summed E-state index contributed by atoms with van der Waals surface area (Å²) in [5.74, 6) is 1.80. The van der Waals surface area contributed by atoms with E-state index >= 15 is 0 Å². The largest absolute Gasteiger partial charge is 0.253 e. The Kier molecular flexibility index (Phi) is 1.73. The zero-order valence-corrected chi connectivity index (χ0v) is 9.45. The quantitative estimate of drug-likeness (QED) is 0.668. The van der Waals surface area contributed by atoms with Crippen molar-refractivity contribution < 1.29 is 0 Å². The molecule has 3 aliphatic rings. The molecule has 0 bridgehead atoms. The Hall–Kier alpha value is -1.24. The molecule has 1 heterocycles. The maximum Gasteiger partial charge on any atom is 0.0708 e. The van der Waals surface area contributed by atoms with E-state index in [4.69, 9.17) is 5.32 Å². The fourth-order valence-corrected chi connectivity index (χ4v) is 3.51. The molecule has 1 aromatic carbocycles. The molecule has 4 rings (SSSR count). The molecule has 2 aliphatic carbocycles. The van der Waals surface area contributed by atoms with Crippen molar-refractivity contribution in [3.63, 3.8) is 0 Å². The summed E-state index contributed by atoms with van der Waals surface area (Å²) in [5.41, 5.74) is 5.67. The van der Waals surface area contributed by atoms with Crippen LogP contribution in [0.3, 0.4) is 0 Å². The first-order valence-electron chi connectivity index (χ1n) is 6.47. The number of rotatable bonds is 1. The zero-order chi connectivity index (χ0) is 10.5. The summed E-state index contributed by atoms with van der Waals surface area (Å²) in [4.78, 5) is 0. The average Bonchev–Trinajstić information content (AvgIpc) is 2.75. The molecule has 1 nitrogen and oxygen atoms in total. The smallest absolute Gasteiger partial charge is 0.0708 e. The summed E-state index contributed by atoms with van der Waals surface area (Å²) in [5, 5.41) is 4.78. The maximum atomic E-state index is 4.78. The second-order valence-corrected chi connectivity index (χ2v) is 5.33.